The van der Waals surface area contributed by atoms with Crippen molar-refractivity contribution < 1.29 is 19.5 Å². The number of rotatable bonds is 4. The number of hydrogen-bond acceptors (Lipinski definition) is 6. The van der Waals surface area contributed by atoms with E-state index in [-0.39, 0.29) is 32.7 Å². The summed E-state index contributed by atoms with van der Waals surface area (Å²) in [5, 5.41) is 10.8. The Labute approximate surface area is 156 Å². The molecular formula is C16H9Cl2N2O4S-. The molecule has 1 saturated heterocycles. The summed E-state index contributed by atoms with van der Waals surface area (Å²) in [6.07, 6.45) is 1.30. The molecule has 1 atom stereocenters. The number of anilines is 1. The number of thioether (sulfide) groups is 1. The quantitative estimate of drug-likeness (QED) is 0.736. The van der Waals surface area contributed by atoms with Crippen LogP contribution in [0.25, 0.3) is 0 Å². The second-order valence-electron chi connectivity index (χ2n) is 5.09. The highest BCUT2D eigenvalue weighted by atomic mass is 35.5. The normalized spacial score (nSPS) is 17.2. The van der Waals surface area contributed by atoms with E-state index in [1.165, 1.54) is 24.4 Å². The Bertz CT molecular complexity index is 890. The van der Waals surface area contributed by atoms with Gasteiger partial charge in [-0.3, -0.25) is 9.59 Å². The fourth-order valence-corrected chi connectivity index (χ4v) is 3.87. The maximum atomic E-state index is 12.7. The van der Waals surface area contributed by atoms with Crippen LogP contribution in [0.15, 0.2) is 41.6 Å². The molecule has 0 N–H and O–H groups in total. The van der Waals surface area contributed by atoms with Crippen LogP contribution in [-0.4, -0.2) is 28.0 Å². The Morgan fingerprint density at radius 3 is 2.72 bits per heavy atom. The van der Waals surface area contributed by atoms with Crippen molar-refractivity contribution in [2.75, 3.05) is 4.90 Å². The van der Waals surface area contributed by atoms with Crippen LogP contribution < -0.4 is 10.0 Å². The van der Waals surface area contributed by atoms with Gasteiger partial charge in [0.2, 0.25) is 11.8 Å². The Morgan fingerprint density at radius 1 is 1.24 bits per heavy atom. The standard InChI is InChI=1S/C16H10Cl2N2O4S/c17-9-4-1-5-10(13(9)18)20-12(21)7-11(15(20)22)25-14-8(16(23)24)3-2-6-19-14/h1-6,11H,7H2,(H,23,24)/p-1/t11-/m1/s1. The Morgan fingerprint density at radius 2 is 2.00 bits per heavy atom. The van der Waals surface area contributed by atoms with Gasteiger partial charge in [0, 0.05) is 18.2 Å². The van der Waals surface area contributed by atoms with Crippen LogP contribution in [0.4, 0.5) is 5.69 Å². The van der Waals surface area contributed by atoms with Crippen molar-refractivity contribution in [3.05, 3.63) is 52.1 Å². The minimum atomic E-state index is -1.40. The van der Waals surface area contributed by atoms with Crippen molar-refractivity contribution in [3.8, 4) is 0 Å². The number of nitrogens with zero attached hydrogens (tertiary/aromatic N) is 2. The number of halogens is 2. The molecule has 6 nitrogen and oxygen atoms in total. The maximum Gasteiger partial charge on any atom is 0.247 e. The Balaban J connectivity index is 1.90. The summed E-state index contributed by atoms with van der Waals surface area (Å²) >= 11 is 12.9. The average molecular weight is 396 g/mol. The molecule has 1 fully saturated rings. The molecule has 9 heteroatoms. The SMILES string of the molecule is O=C([O-])c1cccnc1S[C@@H]1CC(=O)N(c2cccc(Cl)c2Cl)C1=O. The number of carboxylic acid groups (broad SMARTS) is 1. The first-order valence-corrected chi connectivity index (χ1v) is 8.67. The van der Waals surface area contributed by atoms with Crippen molar-refractivity contribution in [2.45, 2.75) is 16.7 Å². The molecule has 1 aromatic heterocycles. The first-order chi connectivity index (χ1) is 11.9. The van der Waals surface area contributed by atoms with Crippen LogP contribution in [0.3, 0.4) is 0 Å². The van der Waals surface area contributed by atoms with Gasteiger partial charge >= 0.3 is 0 Å². The molecule has 25 heavy (non-hydrogen) atoms. The van der Waals surface area contributed by atoms with E-state index in [4.69, 9.17) is 23.2 Å². The molecule has 3 rings (SSSR count). The van der Waals surface area contributed by atoms with Crippen LogP contribution in [-0.2, 0) is 9.59 Å². The van der Waals surface area contributed by atoms with Crippen LogP contribution >= 0.6 is 35.0 Å². The lowest BCUT2D eigenvalue weighted by atomic mass is 10.3. The predicted molar refractivity (Wildman–Crippen MR) is 91.8 cm³/mol. The number of aromatic carboxylic acids is 1. The number of pyridine rings is 1. The van der Waals surface area contributed by atoms with E-state index in [2.05, 4.69) is 4.98 Å². The molecule has 0 bridgehead atoms. The van der Waals surface area contributed by atoms with E-state index in [0.717, 1.165) is 16.7 Å². The summed E-state index contributed by atoms with van der Waals surface area (Å²) in [6.45, 7) is 0. The molecule has 2 heterocycles. The number of carbonyl (C=O) groups excluding carboxylic acids is 3. The number of aromatic nitrogens is 1. The van der Waals surface area contributed by atoms with Crippen molar-refractivity contribution in [2.24, 2.45) is 0 Å². The molecule has 0 aliphatic carbocycles. The van der Waals surface area contributed by atoms with Crippen molar-refractivity contribution in [1.82, 2.24) is 4.98 Å². The fourth-order valence-electron chi connectivity index (χ4n) is 2.39. The minimum Gasteiger partial charge on any atom is -0.545 e. The number of benzene rings is 1. The summed E-state index contributed by atoms with van der Waals surface area (Å²) in [5.74, 6) is -2.35. The Kier molecular flexibility index (Phi) is 4.99. The fraction of sp³-hybridized carbons (Fsp3) is 0.125. The van der Waals surface area contributed by atoms with E-state index < -0.39 is 23.0 Å². The Hall–Kier alpha value is -2.09. The smallest absolute Gasteiger partial charge is 0.247 e. The van der Waals surface area contributed by atoms with E-state index in [0.29, 0.717) is 0 Å². The van der Waals surface area contributed by atoms with Gasteiger partial charge in [0.15, 0.2) is 0 Å². The molecule has 1 aliphatic rings. The molecule has 0 unspecified atom stereocenters. The van der Waals surface area contributed by atoms with Gasteiger partial charge in [-0.25, -0.2) is 9.88 Å². The van der Waals surface area contributed by atoms with Crippen LogP contribution in [0.1, 0.15) is 16.8 Å². The van der Waals surface area contributed by atoms with E-state index in [1.807, 2.05) is 0 Å². The largest absolute Gasteiger partial charge is 0.545 e. The van der Waals surface area contributed by atoms with Gasteiger partial charge < -0.3 is 9.90 Å². The summed E-state index contributed by atoms with van der Waals surface area (Å²) in [5.41, 5.74) is 0.0698. The van der Waals surface area contributed by atoms with E-state index in [9.17, 15) is 19.5 Å². The van der Waals surface area contributed by atoms with E-state index >= 15 is 0 Å². The number of amides is 2. The molecule has 1 aliphatic heterocycles. The predicted octanol–water partition coefficient (Wildman–Crippen LogP) is 2.18. The van der Waals surface area contributed by atoms with Gasteiger partial charge in [-0.1, -0.05) is 41.0 Å². The molecule has 1 aromatic carbocycles. The summed E-state index contributed by atoms with van der Waals surface area (Å²) in [4.78, 5) is 41.0. The highest BCUT2D eigenvalue weighted by Gasteiger charge is 2.41. The third-order valence-electron chi connectivity index (χ3n) is 3.52. The number of imide groups is 1. The zero-order valence-corrected chi connectivity index (χ0v) is 14.8. The minimum absolute atomic E-state index is 0.102. The van der Waals surface area contributed by atoms with Crippen LogP contribution in [0, 0.1) is 0 Å². The lowest BCUT2D eigenvalue weighted by Crippen LogP contribution is -2.31. The molecule has 0 radical (unpaired) electrons. The van der Waals surface area contributed by atoms with Gasteiger partial charge in [-0.15, -0.1) is 0 Å². The molecule has 128 valence electrons. The van der Waals surface area contributed by atoms with Gasteiger partial charge in [0.1, 0.15) is 5.03 Å². The van der Waals surface area contributed by atoms with Crippen molar-refractivity contribution in [1.29, 1.82) is 0 Å². The third-order valence-corrected chi connectivity index (χ3v) is 5.53. The van der Waals surface area contributed by atoms with Gasteiger partial charge in [0.25, 0.3) is 0 Å². The van der Waals surface area contributed by atoms with Gasteiger partial charge in [0.05, 0.1) is 27.0 Å². The third kappa shape index (κ3) is 3.35. The number of carbonyl (C=O) groups is 3. The second kappa shape index (κ2) is 7.03. The average Bonchev–Trinajstić information content (AvgIpc) is 2.85. The first kappa shape index (κ1) is 17.7. The molecule has 0 spiro atoms. The summed E-state index contributed by atoms with van der Waals surface area (Å²) in [6, 6.07) is 7.43. The maximum absolute atomic E-state index is 12.7. The molecular weight excluding hydrogens is 387 g/mol. The first-order valence-electron chi connectivity index (χ1n) is 7.04. The molecule has 2 amide bonds. The zero-order chi connectivity index (χ0) is 18.1. The zero-order valence-electron chi connectivity index (χ0n) is 12.4. The van der Waals surface area contributed by atoms with Crippen molar-refractivity contribution >= 4 is 58.4 Å². The number of carboxylic acids is 1. The molecule has 2 aromatic rings. The van der Waals surface area contributed by atoms with Crippen LogP contribution in [0.5, 0.6) is 0 Å². The van der Waals surface area contributed by atoms with E-state index in [1.54, 1.807) is 12.1 Å². The lowest BCUT2D eigenvalue weighted by Gasteiger charge is -2.17. The summed E-state index contributed by atoms with van der Waals surface area (Å²) < 4.78 is 0. The lowest BCUT2D eigenvalue weighted by molar-refractivity contribution is -0.255. The monoisotopic (exact) mass is 395 g/mol. The topological polar surface area (TPSA) is 90.4 Å². The highest BCUT2D eigenvalue weighted by molar-refractivity contribution is 8.00. The number of hydrogen-bond donors (Lipinski definition) is 0. The van der Waals surface area contributed by atoms with Crippen molar-refractivity contribution in [3.63, 3.8) is 0 Å². The van der Waals surface area contributed by atoms with Gasteiger partial charge in [-0.2, -0.15) is 0 Å². The second-order valence-corrected chi connectivity index (χ2v) is 7.07. The van der Waals surface area contributed by atoms with Crippen LogP contribution in [0.2, 0.25) is 10.0 Å². The summed E-state index contributed by atoms with van der Waals surface area (Å²) in [7, 11) is 0. The van der Waals surface area contributed by atoms with Gasteiger partial charge in [-0.05, 0) is 24.3 Å². The highest BCUT2D eigenvalue weighted by Crippen LogP contribution is 2.39. The molecule has 0 saturated carbocycles.